The summed E-state index contributed by atoms with van der Waals surface area (Å²) in [7, 11) is 1.54. The van der Waals surface area contributed by atoms with Crippen LogP contribution in [0.2, 0.25) is 0 Å². The van der Waals surface area contributed by atoms with Gasteiger partial charge in [-0.1, -0.05) is 22.0 Å². The van der Waals surface area contributed by atoms with Crippen molar-refractivity contribution in [1.29, 1.82) is 0 Å². The Balaban J connectivity index is 2.03. The van der Waals surface area contributed by atoms with Crippen LogP contribution in [0.25, 0.3) is 0 Å². The Morgan fingerprint density at radius 1 is 1.09 bits per heavy atom. The van der Waals surface area contributed by atoms with Gasteiger partial charge in [-0.3, -0.25) is 0 Å². The summed E-state index contributed by atoms with van der Waals surface area (Å²) in [4.78, 5) is 12.1. The molecule has 0 aliphatic carbocycles. The third-order valence-corrected chi connectivity index (χ3v) is 3.52. The highest BCUT2D eigenvalue weighted by molar-refractivity contribution is 9.10. The van der Waals surface area contributed by atoms with E-state index in [-0.39, 0.29) is 0 Å². The zero-order valence-corrected chi connectivity index (χ0v) is 14.2. The molecule has 2 aromatic carbocycles. The zero-order chi connectivity index (χ0) is 16.1. The fourth-order valence-electron chi connectivity index (χ4n) is 1.82. The average Bonchev–Trinajstić information content (AvgIpc) is 2.51. The summed E-state index contributed by atoms with van der Waals surface area (Å²) in [6.07, 6.45) is -0.729. The molecule has 0 amide bonds. The van der Waals surface area contributed by atoms with Crippen LogP contribution in [0.5, 0.6) is 17.2 Å². The normalized spacial score (nSPS) is 11.6. The average molecular weight is 365 g/mol. The molecule has 4 nitrogen and oxygen atoms in total. The van der Waals surface area contributed by atoms with Crippen LogP contribution >= 0.6 is 15.9 Å². The van der Waals surface area contributed by atoms with Crippen molar-refractivity contribution in [1.82, 2.24) is 0 Å². The minimum Gasteiger partial charge on any atom is -0.493 e. The fourth-order valence-corrected chi connectivity index (χ4v) is 2.08. The van der Waals surface area contributed by atoms with Crippen molar-refractivity contribution in [2.75, 3.05) is 7.11 Å². The second kappa shape index (κ2) is 7.31. The van der Waals surface area contributed by atoms with E-state index in [2.05, 4.69) is 15.9 Å². The highest BCUT2D eigenvalue weighted by atomic mass is 79.9. The van der Waals surface area contributed by atoms with Gasteiger partial charge in [0.15, 0.2) is 17.6 Å². The van der Waals surface area contributed by atoms with E-state index in [1.54, 1.807) is 25.1 Å². The quantitative estimate of drug-likeness (QED) is 0.590. The first-order valence-corrected chi connectivity index (χ1v) is 7.57. The number of hydrogen-bond acceptors (Lipinski definition) is 4. The number of rotatable bonds is 5. The largest absolute Gasteiger partial charge is 0.493 e. The molecule has 0 aliphatic rings. The van der Waals surface area contributed by atoms with Gasteiger partial charge in [0.05, 0.1) is 7.11 Å². The van der Waals surface area contributed by atoms with Crippen LogP contribution in [-0.4, -0.2) is 19.2 Å². The molecule has 116 valence electrons. The summed E-state index contributed by atoms with van der Waals surface area (Å²) in [6.45, 7) is 3.58. The predicted octanol–water partition coefficient (Wildman–Crippen LogP) is 4.14. The highest BCUT2D eigenvalue weighted by Gasteiger charge is 2.19. The number of hydrogen-bond donors (Lipinski definition) is 0. The SMILES string of the molecule is COc1cc(C)ccc1OC(=O)[C@@H](C)Oc1ccc(Br)cc1. The van der Waals surface area contributed by atoms with Crippen molar-refractivity contribution in [2.45, 2.75) is 20.0 Å². The second-order valence-electron chi connectivity index (χ2n) is 4.79. The Bertz CT molecular complexity index is 652. The van der Waals surface area contributed by atoms with Crippen LogP contribution in [0.15, 0.2) is 46.9 Å². The minimum absolute atomic E-state index is 0.379. The molecule has 0 N–H and O–H groups in total. The Labute approximate surface area is 138 Å². The molecule has 0 fully saturated rings. The summed E-state index contributed by atoms with van der Waals surface area (Å²) in [5, 5.41) is 0. The number of carbonyl (C=O) groups is 1. The second-order valence-corrected chi connectivity index (χ2v) is 5.71. The number of ether oxygens (including phenoxy) is 3. The van der Waals surface area contributed by atoms with Crippen LogP contribution in [-0.2, 0) is 4.79 Å². The molecule has 5 heteroatoms. The summed E-state index contributed by atoms with van der Waals surface area (Å²) in [5.74, 6) is 1.02. The third kappa shape index (κ3) is 4.24. The van der Waals surface area contributed by atoms with Crippen molar-refractivity contribution >= 4 is 21.9 Å². The molecule has 0 heterocycles. The lowest BCUT2D eigenvalue weighted by atomic mass is 10.2. The molecule has 2 aromatic rings. The highest BCUT2D eigenvalue weighted by Crippen LogP contribution is 2.28. The van der Waals surface area contributed by atoms with Gasteiger partial charge in [-0.15, -0.1) is 0 Å². The summed E-state index contributed by atoms with van der Waals surface area (Å²) < 4.78 is 17.1. The third-order valence-electron chi connectivity index (χ3n) is 2.99. The molecule has 0 saturated heterocycles. The Morgan fingerprint density at radius 3 is 2.41 bits per heavy atom. The van der Waals surface area contributed by atoms with Gasteiger partial charge in [0.2, 0.25) is 0 Å². The van der Waals surface area contributed by atoms with Gasteiger partial charge in [0, 0.05) is 4.47 Å². The molecule has 0 bridgehead atoms. The van der Waals surface area contributed by atoms with E-state index in [1.165, 1.54) is 7.11 Å². The lowest BCUT2D eigenvalue weighted by Crippen LogP contribution is -2.28. The van der Waals surface area contributed by atoms with E-state index in [9.17, 15) is 4.79 Å². The number of carbonyl (C=O) groups excluding carboxylic acids is 1. The summed E-state index contributed by atoms with van der Waals surface area (Å²) >= 11 is 3.35. The Hall–Kier alpha value is -2.01. The van der Waals surface area contributed by atoms with Crippen LogP contribution < -0.4 is 14.2 Å². The van der Waals surface area contributed by atoms with Crippen LogP contribution in [0.4, 0.5) is 0 Å². The maximum Gasteiger partial charge on any atom is 0.352 e. The number of benzene rings is 2. The van der Waals surface area contributed by atoms with Gasteiger partial charge in [-0.05, 0) is 55.8 Å². The van der Waals surface area contributed by atoms with E-state index < -0.39 is 12.1 Å². The standard InChI is InChI=1S/C17H17BrO4/c1-11-4-9-15(16(10-11)20-3)22-17(19)12(2)21-14-7-5-13(18)6-8-14/h4-10,12H,1-3H3/t12-/m1/s1. The van der Waals surface area contributed by atoms with E-state index >= 15 is 0 Å². The van der Waals surface area contributed by atoms with Crippen LogP contribution in [0, 0.1) is 6.92 Å². The first-order valence-electron chi connectivity index (χ1n) is 6.78. The van der Waals surface area contributed by atoms with Gasteiger partial charge < -0.3 is 14.2 Å². The van der Waals surface area contributed by atoms with E-state index in [1.807, 2.05) is 31.2 Å². The first kappa shape index (κ1) is 16.4. The van der Waals surface area contributed by atoms with Crippen LogP contribution in [0.3, 0.4) is 0 Å². The van der Waals surface area contributed by atoms with Gasteiger partial charge in [-0.25, -0.2) is 4.79 Å². The van der Waals surface area contributed by atoms with Gasteiger partial charge >= 0.3 is 5.97 Å². The molecule has 1 atom stereocenters. The molecular weight excluding hydrogens is 348 g/mol. The fraction of sp³-hybridized carbons (Fsp3) is 0.235. The molecule has 0 radical (unpaired) electrons. The van der Waals surface area contributed by atoms with Gasteiger partial charge in [0.1, 0.15) is 5.75 Å². The minimum atomic E-state index is -0.729. The lowest BCUT2D eigenvalue weighted by molar-refractivity contribution is -0.141. The van der Waals surface area contributed by atoms with Crippen molar-refractivity contribution in [3.05, 3.63) is 52.5 Å². The molecule has 22 heavy (non-hydrogen) atoms. The van der Waals surface area contributed by atoms with Crippen LogP contribution in [0.1, 0.15) is 12.5 Å². The number of halogens is 1. The van der Waals surface area contributed by atoms with Gasteiger partial charge in [-0.2, -0.15) is 0 Å². The molecule has 0 spiro atoms. The smallest absolute Gasteiger partial charge is 0.352 e. The zero-order valence-electron chi connectivity index (χ0n) is 12.6. The molecule has 0 unspecified atom stereocenters. The molecule has 2 rings (SSSR count). The summed E-state index contributed by atoms with van der Waals surface area (Å²) in [5.41, 5.74) is 1.02. The maximum atomic E-state index is 12.1. The molecule has 0 aliphatic heterocycles. The topological polar surface area (TPSA) is 44.8 Å². The first-order chi connectivity index (χ1) is 10.5. The van der Waals surface area contributed by atoms with E-state index in [0.29, 0.717) is 17.2 Å². The summed E-state index contributed by atoms with van der Waals surface area (Å²) in [6, 6.07) is 12.6. The Kier molecular flexibility index (Phi) is 5.44. The lowest BCUT2D eigenvalue weighted by Gasteiger charge is -2.15. The maximum absolute atomic E-state index is 12.1. The number of methoxy groups -OCH3 is 1. The number of aryl methyl sites for hydroxylation is 1. The van der Waals surface area contributed by atoms with Gasteiger partial charge in [0.25, 0.3) is 0 Å². The molecule has 0 saturated carbocycles. The molecule has 0 aromatic heterocycles. The molecular formula is C17H17BrO4. The van der Waals surface area contributed by atoms with E-state index in [0.717, 1.165) is 10.0 Å². The van der Waals surface area contributed by atoms with Crippen molar-refractivity contribution < 1.29 is 19.0 Å². The monoisotopic (exact) mass is 364 g/mol. The predicted molar refractivity (Wildman–Crippen MR) is 87.6 cm³/mol. The van der Waals surface area contributed by atoms with E-state index in [4.69, 9.17) is 14.2 Å². The Morgan fingerprint density at radius 2 is 1.77 bits per heavy atom. The van der Waals surface area contributed by atoms with Crippen molar-refractivity contribution in [2.24, 2.45) is 0 Å². The van der Waals surface area contributed by atoms with Crippen molar-refractivity contribution in [3.8, 4) is 17.2 Å². The number of esters is 1. The van der Waals surface area contributed by atoms with Crippen molar-refractivity contribution in [3.63, 3.8) is 0 Å².